The molecular formula is C20H22N2O5S. The summed E-state index contributed by atoms with van der Waals surface area (Å²) >= 11 is 0. The maximum absolute atomic E-state index is 12.9. The Morgan fingerprint density at radius 1 is 1.00 bits per heavy atom. The first-order valence-electron chi connectivity index (χ1n) is 8.93. The second-order valence-electron chi connectivity index (χ2n) is 6.61. The molecule has 0 bridgehead atoms. The Morgan fingerprint density at radius 3 is 2.21 bits per heavy atom. The first-order chi connectivity index (χ1) is 13.3. The zero-order valence-electron chi connectivity index (χ0n) is 15.8. The van der Waals surface area contributed by atoms with Gasteiger partial charge >= 0.3 is 5.97 Å². The number of nitrogens with zero attached hydrogens (tertiary/aromatic N) is 1. The maximum Gasteiger partial charge on any atom is 0.337 e. The van der Waals surface area contributed by atoms with Crippen molar-refractivity contribution in [1.82, 2.24) is 4.31 Å². The van der Waals surface area contributed by atoms with Gasteiger partial charge in [-0.15, -0.1) is 0 Å². The highest BCUT2D eigenvalue weighted by Crippen LogP contribution is 2.25. The number of hydrogen-bond donors (Lipinski definition) is 1. The number of aryl methyl sites for hydroxylation is 1. The third-order valence-corrected chi connectivity index (χ3v) is 6.74. The second-order valence-corrected chi connectivity index (χ2v) is 8.52. The average molecular weight is 402 g/mol. The van der Waals surface area contributed by atoms with Crippen molar-refractivity contribution in [3.63, 3.8) is 0 Å². The van der Waals surface area contributed by atoms with E-state index in [1.54, 1.807) is 43.3 Å². The molecule has 148 valence electrons. The number of ether oxygens (including phenoxy) is 1. The third kappa shape index (κ3) is 4.07. The minimum absolute atomic E-state index is 0.156. The summed E-state index contributed by atoms with van der Waals surface area (Å²) < 4.78 is 31.8. The minimum atomic E-state index is -3.61. The van der Waals surface area contributed by atoms with Gasteiger partial charge in [0.25, 0.3) is 5.91 Å². The van der Waals surface area contributed by atoms with E-state index in [0.29, 0.717) is 29.9 Å². The van der Waals surface area contributed by atoms with Gasteiger partial charge in [-0.3, -0.25) is 4.79 Å². The summed E-state index contributed by atoms with van der Waals surface area (Å²) in [6.45, 7) is 2.73. The summed E-state index contributed by atoms with van der Waals surface area (Å²) in [7, 11) is -2.32. The maximum atomic E-state index is 12.9. The zero-order chi connectivity index (χ0) is 20.3. The summed E-state index contributed by atoms with van der Waals surface area (Å²) in [6, 6.07) is 10.9. The molecule has 0 spiro atoms. The van der Waals surface area contributed by atoms with Gasteiger partial charge < -0.3 is 10.1 Å². The van der Waals surface area contributed by atoms with Crippen LogP contribution in [0, 0.1) is 6.92 Å². The van der Waals surface area contributed by atoms with Crippen molar-refractivity contribution in [2.24, 2.45) is 0 Å². The van der Waals surface area contributed by atoms with Crippen molar-refractivity contribution in [3.05, 3.63) is 59.2 Å². The van der Waals surface area contributed by atoms with E-state index < -0.39 is 21.9 Å². The van der Waals surface area contributed by atoms with Gasteiger partial charge in [-0.05, 0) is 61.7 Å². The largest absolute Gasteiger partial charge is 0.465 e. The van der Waals surface area contributed by atoms with Crippen molar-refractivity contribution in [2.45, 2.75) is 24.7 Å². The van der Waals surface area contributed by atoms with Crippen molar-refractivity contribution < 1.29 is 22.7 Å². The second kappa shape index (κ2) is 8.12. The van der Waals surface area contributed by atoms with Crippen LogP contribution in [0.2, 0.25) is 0 Å². The summed E-state index contributed by atoms with van der Waals surface area (Å²) in [4.78, 5) is 24.2. The molecule has 1 heterocycles. The van der Waals surface area contributed by atoms with Crippen molar-refractivity contribution in [1.29, 1.82) is 0 Å². The molecule has 2 aromatic carbocycles. The molecule has 0 aromatic heterocycles. The van der Waals surface area contributed by atoms with Crippen LogP contribution in [0.4, 0.5) is 5.69 Å². The highest BCUT2D eigenvalue weighted by atomic mass is 32.2. The van der Waals surface area contributed by atoms with E-state index in [0.717, 1.165) is 12.8 Å². The van der Waals surface area contributed by atoms with Crippen molar-refractivity contribution in [2.75, 3.05) is 25.5 Å². The van der Waals surface area contributed by atoms with E-state index in [2.05, 4.69) is 10.1 Å². The number of benzene rings is 2. The number of methoxy groups -OCH3 is 1. The van der Waals surface area contributed by atoms with Gasteiger partial charge in [0.1, 0.15) is 0 Å². The molecule has 0 radical (unpaired) electrons. The van der Waals surface area contributed by atoms with Gasteiger partial charge in [0, 0.05) is 24.3 Å². The standard InChI is InChI=1S/C20H22N2O5S/c1-14-5-6-16(13-18(14)28(25,26)22-11-3-4-12-22)19(23)21-17-9-7-15(8-10-17)20(24)27-2/h5-10,13H,3-4,11-12H2,1-2H3,(H,21,23). The van der Waals surface area contributed by atoms with Gasteiger partial charge in [-0.2, -0.15) is 4.31 Å². The molecule has 7 nitrogen and oxygen atoms in total. The monoisotopic (exact) mass is 402 g/mol. The van der Waals surface area contributed by atoms with E-state index in [9.17, 15) is 18.0 Å². The molecule has 1 aliphatic rings. The fourth-order valence-corrected chi connectivity index (χ4v) is 4.87. The van der Waals surface area contributed by atoms with Crippen LogP contribution in [0.3, 0.4) is 0 Å². The van der Waals surface area contributed by atoms with E-state index in [-0.39, 0.29) is 10.5 Å². The average Bonchev–Trinajstić information content (AvgIpc) is 3.24. The Bertz CT molecular complexity index is 994. The summed E-state index contributed by atoms with van der Waals surface area (Å²) in [5, 5.41) is 2.71. The van der Waals surface area contributed by atoms with Gasteiger partial charge in [0.15, 0.2) is 0 Å². The lowest BCUT2D eigenvalue weighted by Crippen LogP contribution is -2.28. The molecule has 1 saturated heterocycles. The van der Waals surface area contributed by atoms with Crippen LogP contribution in [0.25, 0.3) is 0 Å². The molecule has 1 aliphatic heterocycles. The normalized spacial score (nSPS) is 14.6. The predicted octanol–water partition coefficient (Wildman–Crippen LogP) is 2.82. The van der Waals surface area contributed by atoms with Gasteiger partial charge in [0.05, 0.1) is 17.6 Å². The Kier molecular flexibility index (Phi) is 5.81. The third-order valence-electron chi connectivity index (χ3n) is 4.70. The smallest absolute Gasteiger partial charge is 0.337 e. The first-order valence-corrected chi connectivity index (χ1v) is 10.4. The SMILES string of the molecule is COC(=O)c1ccc(NC(=O)c2ccc(C)c(S(=O)(=O)N3CCCC3)c2)cc1. The van der Waals surface area contributed by atoms with Crippen molar-refractivity contribution >= 4 is 27.6 Å². The number of nitrogens with one attached hydrogen (secondary N) is 1. The topological polar surface area (TPSA) is 92.8 Å². The lowest BCUT2D eigenvalue weighted by atomic mass is 10.1. The first kappa shape index (κ1) is 20.0. The van der Waals surface area contributed by atoms with E-state index in [1.165, 1.54) is 17.5 Å². The number of esters is 1. The Labute approximate surface area is 164 Å². The number of sulfonamides is 1. The van der Waals surface area contributed by atoms with Crippen LogP contribution in [0.1, 0.15) is 39.1 Å². The van der Waals surface area contributed by atoms with Gasteiger partial charge in [-0.25, -0.2) is 13.2 Å². The molecule has 0 aliphatic carbocycles. The fourth-order valence-electron chi connectivity index (χ4n) is 3.10. The number of carbonyl (C=O) groups excluding carboxylic acids is 2. The summed E-state index contributed by atoms with van der Waals surface area (Å²) in [5.41, 5.74) is 1.71. The minimum Gasteiger partial charge on any atom is -0.465 e. The summed E-state index contributed by atoms with van der Waals surface area (Å²) in [5.74, 6) is -0.892. The quantitative estimate of drug-likeness (QED) is 0.777. The predicted molar refractivity (Wildman–Crippen MR) is 105 cm³/mol. The molecule has 8 heteroatoms. The van der Waals surface area contributed by atoms with Crippen molar-refractivity contribution in [3.8, 4) is 0 Å². The van der Waals surface area contributed by atoms with Crippen LogP contribution >= 0.6 is 0 Å². The molecule has 1 amide bonds. The van der Waals surface area contributed by atoms with Gasteiger partial charge in [0.2, 0.25) is 10.0 Å². The van der Waals surface area contributed by atoms with Crippen LogP contribution in [-0.4, -0.2) is 44.8 Å². The number of rotatable bonds is 5. The molecule has 3 rings (SSSR count). The van der Waals surface area contributed by atoms with Crippen LogP contribution < -0.4 is 5.32 Å². The van der Waals surface area contributed by atoms with Crippen LogP contribution in [0.5, 0.6) is 0 Å². The highest BCUT2D eigenvalue weighted by molar-refractivity contribution is 7.89. The van der Waals surface area contributed by atoms with E-state index in [1.807, 2.05) is 0 Å². The Balaban J connectivity index is 1.82. The lowest BCUT2D eigenvalue weighted by molar-refractivity contribution is 0.0600. The Hall–Kier alpha value is -2.71. The molecule has 1 fully saturated rings. The molecule has 28 heavy (non-hydrogen) atoms. The molecule has 2 aromatic rings. The highest BCUT2D eigenvalue weighted by Gasteiger charge is 2.29. The molecule has 0 saturated carbocycles. The lowest BCUT2D eigenvalue weighted by Gasteiger charge is -2.18. The molecule has 1 N–H and O–H groups in total. The molecule has 0 atom stereocenters. The number of carbonyl (C=O) groups is 2. The Morgan fingerprint density at radius 2 is 1.61 bits per heavy atom. The molecular weight excluding hydrogens is 380 g/mol. The zero-order valence-corrected chi connectivity index (χ0v) is 16.6. The number of hydrogen-bond acceptors (Lipinski definition) is 5. The number of amides is 1. The van der Waals surface area contributed by atoms with Crippen LogP contribution in [0.15, 0.2) is 47.4 Å². The van der Waals surface area contributed by atoms with Gasteiger partial charge in [-0.1, -0.05) is 6.07 Å². The van der Waals surface area contributed by atoms with E-state index >= 15 is 0 Å². The van der Waals surface area contributed by atoms with Crippen LogP contribution in [-0.2, 0) is 14.8 Å². The fraction of sp³-hybridized carbons (Fsp3) is 0.300. The summed E-state index contributed by atoms with van der Waals surface area (Å²) in [6.07, 6.45) is 1.69. The number of anilines is 1. The van der Waals surface area contributed by atoms with E-state index in [4.69, 9.17) is 0 Å². The molecule has 0 unspecified atom stereocenters.